The molecule has 1 heterocycles. The fourth-order valence-corrected chi connectivity index (χ4v) is 1.27. The van der Waals surface area contributed by atoms with E-state index in [0.29, 0.717) is 0 Å². The van der Waals surface area contributed by atoms with Gasteiger partial charge in [-0.2, -0.15) is 0 Å². The van der Waals surface area contributed by atoms with Gasteiger partial charge < -0.3 is 0 Å². The van der Waals surface area contributed by atoms with Crippen LogP contribution < -0.4 is 0 Å². The van der Waals surface area contributed by atoms with E-state index in [1.807, 2.05) is 54.7 Å². The third-order valence-electron chi connectivity index (χ3n) is 1.96. The van der Waals surface area contributed by atoms with Gasteiger partial charge in [-0.05, 0) is 12.1 Å². The molecule has 1 aliphatic heterocycles. The van der Waals surface area contributed by atoms with Crippen molar-refractivity contribution in [1.29, 1.82) is 0 Å². The summed E-state index contributed by atoms with van der Waals surface area (Å²) >= 11 is 0. The van der Waals surface area contributed by atoms with Gasteiger partial charge in [0.15, 0.2) is 0 Å². The Kier molecular flexibility index (Phi) is 2.72. The third-order valence-corrected chi connectivity index (χ3v) is 1.96. The van der Waals surface area contributed by atoms with Crippen molar-refractivity contribution in [1.82, 2.24) is 4.98 Å². The molecule has 0 aromatic rings. The van der Waals surface area contributed by atoms with Gasteiger partial charge in [-0.15, -0.1) is 0 Å². The fraction of sp³-hybridized carbons (Fsp3) is 0. The minimum Gasteiger partial charge on any atom is -0.256 e. The Morgan fingerprint density at radius 2 is 1.29 bits per heavy atom. The Balaban J connectivity index is 2.72. The van der Waals surface area contributed by atoms with Gasteiger partial charge in [0.05, 0.1) is 5.69 Å². The molecule has 0 bridgehead atoms. The van der Waals surface area contributed by atoms with E-state index in [1.165, 1.54) is 0 Å². The minimum atomic E-state index is 0.992. The number of nitrogens with zero attached hydrogens (tertiary/aromatic N) is 1. The molecule has 0 aromatic carbocycles. The number of hydrogen-bond acceptors (Lipinski definition) is 1. The molecule has 0 N–H and O–H groups in total. The van der Waals surface area contributed by atoms with Crippen LogP contribution in [0, 0.1) is 0 Å². The van der Waals surface area contributed by atoms with Gasteiger partial charge in [0.25, 0.3) is 0 Å². The molecular formula is C13H11N. The Morgan fingerprint density at radius 3 is 2.07 bits per heavy atom. The third kappa shape index (κ3) is 2.07. The van der Waals surface area contributed by atoms with Crippen molar-refractivity contribution in [3.63, 3.8) is 0 Å². The largest absolute Gasteiger partial charge is 0.256 e. The molecule has 14 heavy (non-hydrogen) atoms. The Hall–Kier alpha value is -1.89. The molecule has 0 amide bonds. The van der Waals surface area contributed by atoms with Crippen LogP contribution >= 0.6 is 0 Å². The maximum Gasteiger partial charge on any atom is 0.0701 e. The van der Waals surface area contributed by atoms with Gasteiger partial charge in [0.2, 0.25) is 0 Å². The molecule has 2 rings (SSSR count). The van der Waals surface area contributed by atoms with Crippen molar-refractivity contribution in [2.45, 2.75) is 0 Å². The number of hydrogen-bond donors (Lipinski definition) is 0. The number of fused-ring (bicyclic) bond motifs is 1. The molecule has 1 heteroatoms. The van der Waals surface area contributed by atoms with Crippen LogP contribution in [0.15, 0.2) is 66.9 Å². The zero-order chi connectivity index (χ0) is 9.64. The summed E-state index contributed by atoms with van der Waals surface area (Å²) in [6.45, 7) is 0. The number of aromatic nitrogens is 1. The molecule has 1 nitrogen and oxygen atoms in total. The van der Waals surface area contributed by atoms with Gasteiger partial charge >= 0.3 is 0 Å². The first-order valence-corrected chi connectivity index (χ1v) is 4.60. The molecule has 2 aliphatic rings. The first kappa shape index (κ1) is 8.70. The molecule has 1 aliphatic carbocycles. The molecule has 0 atom stereocenters. The van der Waals surface area contributed by atoms with Crippen LogP contribution in [0.2, 0.25) is 0 Å². The quantitative estimate of drug-likeness (QED) is 0.607. The second-order valence-electron chi connectivity index (χ2n) is 2.97. The molecule has 0 spiro atoms. The van der Waals surface area contributed by atoms with E-state index in [4.69, 9.17) is 0 Å². The molecular weight excluding hydrogens is 170 g/mol. The SMILES string of the molecule is c1cccc2ncccccc-2cc1. The molecule has 0 saturated heterocycles. The number of rotatable bonds is 0. The van der Waals surface area contributed by atoms with E-state index in [9.17, 15) is 0 Å². The maximum atomic E-state index is 4.35. The highest BCUT2D eigenvalue weighted by atomic mass is 14.7. The Morgan fingerprint density at radius 1 is 0.643 bits per heavy atom. The van der Waals surface area contributed by atoms with E-state index in [1.54, 1.807) is 0 Å². The minimum absolute atomic E-state index is 0.992. The van der Waals surface area contributed by atoms with Crippen molar-refractivity contribution in [3.8, 4) is 11.3 Å². The van der Waals surface area contributed by atoms with Crippen LogP contribution in [0.4, 0.5) is 0 Å². The molecule has 0 aromatic heterocycles. The van der Waals surface area contributed by atoms with E-state index in [-0.39, 0.29) is 0 Å². The predicted octanol–water partition coefficient (Wildman–Crippen LogP) is 3.31. The second kappa shape index (κ2) is 4.38. The molecule has 0 saturated carbocycles. The lowest BCUT2D eigenvalue weighted by molar-refractivity contribution is 1.34. The van der Waals surface area contributed by atoms with Crippen LogP contribution in [-0.4, -0.2) is 4.98 Å². The van der Waals surface area contributed by atoms with Crippen molar-refractivity contribution in [2.75, 3.05) is 0 Å². The van der Waals surface area contributed by atoms with Gasteiger partial charge in [-0.3, -0.25) is 4.98 Å². The standard InChI is InChI=1S/C13H11N/c1-2-6-10-13-12(8-4-1)9-5-3-7-11-14-13/h1-11H. The van der Waals surface area contributed by atoms with Gasteiger partial charge in [-0.1, -0.05) is 48.5 Å². The molecule has 0 fully saturated rings. The lowest BCUT2D eigenvalue weighted by Crippen LogP contribution is -1.78. The fourth-order valence-electron chi connectivity index (χ4n) is 1.27. The van der Waals surface area contributed by atoms with Crippen LogP contribution in [0.3, 0.4) is 0 Å². The van der Waals surface area contributed by atoms with Crippen molar-refractivity contribution >= 4 is 0 Å². The first-order valence-electron chi connectivity index (χ1n) is 4.60. The monoisotopic (exact) mass is 181 g/mol. The summed E-state index contributed by atoms with van der Waals surface area (Å²) in [5, 5.41) is 0. The molecule has 0 radical (unpaired) electrons. The average molecular weight is 181 g/mol. The predicted molar refractivity (Wildman–Crippen MR) is 58.5 cm³/mol. The van der Waals surface area contributed by atoms with E-state index < -0.39 is 0 Å². The highest BCUT2D eigenvalue weighted by Gasteiger charge is 1.92. The van der Waals surface area contributed by atoms with Crippen molar-refractivity contribution in [3.05, 3.63) is 66.9 Å². The summed E-state index contributed by atoms with van der Waals surface area (Å²) in [5.74, 6) is 0. The Labute approximate surface area is 83.7 Å². The van der Waals surface area contributed by atoms with Gasteiger partial charge in [0.1, 0.15) is 0 Å². The lowest BCUT2D eigenvalue weighted by Gasteiger charge is -1.96. The zero-order valence-corrected chi connectivity index (χ0v) is 7.80. The maximum absolute atomic E-state index is 4.35. The zero-order valence-electron chi connectivity index (χ0n) is 7.80. The summed E-state index contributed by atoms with van der Waals surface area (Å²) in [4.78, 5) is 4.35. The van der Waals surface area contributed by atoms with E-state index >= 15 is 0 Å². The second-order valence-corrected chi connectivity index (χ2v) is 2.97. The summed E-state index contributed by atoms with van der Waals surface area (Å²) in [5.41, 5.74) is 2.12. The summed E-state index contributed by atoms with van der Waals surface area (Å²) in [6.07, 6.45) is 1.81. The van der Waals surface area contributed by atoms with Crippen molar-refractivity contribution < 1.29 is 0 Å². The van der Waals surface area contributed by atoms with Gasteiger partial charge in [0, 0.05) is 11.8 Å². The van der Waals surface area contributed by atoms with Crippen LogP contribution in [-0.2, 0) is 0 Å². The smallest absolute Gasteiger partial charge is 0.0701 e. The molecule has 68 valence electrons. The lowest BCUT2D eigenvalue weighted by atomic mass is 10.1. The topological polar surface area (TPSA) is 12.9 Å². The van der Waals surface area contributed by atoms with Crippen LogP contribution in [0.5, 0.6) is 0 Å². The first-order chi connectivity index (χ1) is 6.97. The van der Waals surface area contributed by atoms with E-state index in [0.717, 1.165) is 11.3 Å². The van der Waals surface area contributed by atoms with E-state index in [2.05, 4.69) is 17.1 Å². The molecule has 0 unspecified atom stereocenters. The summed E-state index contributed by atoms with van der Waals surface area (Å²) in [6, 6.07) is 20.1. The summed E-state index contributed by atoms with van der Waals surface area (Å²) < 4.78 is 0. The highest BCUT2D eigenvalue weighted by Crippen LogP contribution is 2.13. The summed E-state index contributed by atoms with van der Waals surface area (Å²) in [7, 11) is 0. The normalized spacial score (nSPS) is 9.43. The Bertz CT molecular complexity index is 355. The van der Waals surface area contributed by atoms with Gasteiger partial charge in [-0.25, -0.2) is 0 Å². The average Bonchev–Trinajstić information content (AvgIpc) is 2.13. The van der Waals surface area contributed by atoms with Crippen LogP contribution in [0.25, 0.3) is 11.3 Å². The van der Waals surface area contributed by atoms with Crippen LogP contribution in [0.1, 0.15) is 0 Å². The van der Waals surface area contributed by atoms with Crippen molar-refractivity contribution in [2.24, 2.45) is 0 Å². The highest BCUT2D eigenvalue weighted by molar-refractivity contribution is 5.57.